The third kappa shape index (κ3) is 3.38. The number of halogens is 1. The van der Waals surface area contributed by atoms with Crippen LogP contribution < -0.4 is 0 Å². The van der Waals surface area contributed by atoms with E-state index in [1.807, 2.05) is 36.4 Å². The summed E-state index contributed by atoms with van der Waals surface area (Å²) in [5, 5.41) is 0. The lowest BCUT2D eigenvalue weighted by atomic mass is 9.60. The van der Waals surface area contributed by atoms with Gasteiger partial charge in [0.15, 0.2) is 5.78 Å². The van der Waals surface area contributed by atoms with Gasteiger partial charge >= 0.3 is 0 Å². The molecule has 2 aliphatic carbocycles. The van der Waals surface area contributed by atoms with Gasteiger partial charge in [-0.15, -0.1) is 0 Å². The van der Waals surface area contributed by atoms with Crippen LogP contribution >= 0.6 is 15.9 Å². The van der Waals surface area contributed by atoms with Crippen molar-refractivity contribution in [3.63, 3.8) is 0 Å². The Morgan fingerprint density at radius 2 is 1.55 bits per heavy atom. The Balaban J connectivity index is 1.58. The van der Waals surface area contributed by atoms with Gasteiger partial charge in [-0.1, -0.05) is 83.4 Å². The maximum atomic E-state index is 13.0. The molecule has 1 nitrogen and oxygen atoms in total. The highest BCUT2D eigenvalue weighted by Crippen LogP contribution is 2.57. The maximum absolute atomic E-state index is 13.0. The zero-order valence-electron chi connectivity index (χ0n) is 16.5. The standard InChI is InChI=1S/C27H25BrO/c28-23-11-8-19(9-12-23)25-24-13-10-22(26(29)20-6-2-1-3-7-20)18-21(24)14-17-27(25)15-4-5-16-27/h1-3,6-13,18,25H,4-5,14-17H2. The molecule has 5 rings (SSSR count). The molecule has 0 aromatic heterocycles. The summed E-state index contributed by atoms with van der Waals surface area (Å²) in [6, 6.07) is 25.0. The Morgan fingerprint density at radius 1 is 0.828 bits per heavy atom. The Labute approximate surface area is 181 Å². The first-order valence-electron chi connectivity index (χ1n) is 10.6. The van der Waals surface area contributed by atoms with Gasteiger partial charge in [0.25, 0.3) is 0 Å². The topological polar surface area (TPSA) is 17.1 Å². The minimum absolute atomic E-state index is 0.120. The van der Waals surface area contributed by atoms with Crippen molar-refractivity contribution in [1.82, 2.24) is 0 Å². The third-order valence-electron chi connectivity index (χ3n) is 7.06. The number of ketones is 1. The number of aryl methyl sites for hydroxylation is 1. The zero-order chi connectivity index (χ0) is 19.8. The lowest BCUT2D eigenvalue weighted by Crippen LogP contribution is -2.32. The molecule has 0 amide bonds. The molecule has 3 aromatic carbocycles. The quantitative estimate of drug-likeness (QED) is 0.386. The third-order valence-corrected chi connectivity index (χ3v) is 7.59. The summed E-state index contributed by atoms with van der Waals surface area (Å²) in [5.74, 6) is 0.553. The van der Waals surface area contributed by atoms with Crippen LogP contribution in [0.15, 0.2) is 77.3 Å². The van der Waals surface area contributed by atoms with Crippen LogP contribution in [0.1, 0.15) is 70.6 Å². The highest BCUT2D eigenvalue weighted by Gasteiger charge is 2.45. The molecule has 0 bridgehead atoms. The van der Waals surface area contributed by atoms with E-state index in [2.05, 4.69) is 52.3 Å². The summed E-state index contributed by atoms with van der Waals surface area (Å²) in [6.45, 7) is 0. The fraction of sp³-hybridized carbons (Fsp3) is 0.296. The van der Waals surface area contributed by atoms with Crippen molar-refractivity contribution >= 4 is 21.7 Å². The maximum Gasteiger partial charge on any atom is 0.193 e. The van der Waals surface area contributed by atoms with Gasteiger partial charge in [0.1, 0.15) is 0 Å². The van der Waals surface area contributed by atoms with E-state index in [9.17, 15) is 4.79 Å². The molecule has 0 heterocycles. The minimum atomic E-state index is 0.120. The molecule has 0 N–H and O–H groups in total. The van der Waals surface area contributed by atoms with Crippen LogP contribution in [0.5, 0.6) is 0 Å². The Bertz CT molecular complexity index is 1030. The van der Waals surface area contributed by atoms with E-state index >= 15 is 0 Å². The smallest absolute Gasteiger partial charge is 0.193 e. The van der Waals surface area contributed by atoms with Crippen LogP contribution in [0.2, 0.25) is 0 Å². The van der Waals surface area contributed by atoms with Crippen LogP contribution in [0.3, 0.4) is 0 Å². The largest absolute Gasteiger partial charge is 0.289 e. The van der Waals surface area contributed by atoms with Crippen molar-refractivity contribution in [2.75, 3.05) is 0 Å². The number of carbonyl (C=O) groups excluding carboxylic acids is 1. The number of benzene rings is 3. The molecule has 0 radical (unpaired) electrons. The van der Waals surface area contributed by atoms with E-state index < -0.39 is 0 Å². The van der Waals surface area contributed by atoms with Crippen LogP contribution in [0.25, 0.3) is 0 Å². The van der Waals surface area contributed by atoms with Crippen molar-refractivity contribution in [2.24, 2.45) is 5.41 Å². The molecule has 2 heteroatoms. The van der Waals surface area contributed by atoms with Crippen LogP contribution in [0.4, 0.5) is 0 Å². The first-order chi connectivity index (χ1) is 14.2. The molecular weight excluding hydrogens is 420 g/mol. The van der Waals surface area contributed by atoms with Gasteiger partial charge in [-0.3, -0.25) is 4.79 Å². The first kappa shape index (κ1) is 18.8. The molecule has 0 aliphatic heterocycles. The van der Waals surface area contributed by atoms with E-state index in [-0.39, 0.29) is 5.78 Å². The molecule has 29 heavy (non-hydrogen) atoms. The highest BCUT2D eigenvalue weighted by molar-refractivity contribution is 9.10. The number of carbonyl (C=O) groups is 1. The summed E-state index contributed by atoms with van der Waals surface area (Å²) in [4.78, 5) is 13.0. The average Bonchev–Trinajstić information content (AvgIpc) is 3.23. The predicted molar refractivity (Wildman–Crippen MR) is 122 cm³/mol. The second-order valence-corrected chi connectivity index (χ2v) is 9.58. The van der Waals surface area contributed by atoms with Crippen molar-refractivity contribution in [1.29, 1.82) is 0 Å². The summed E-state index contributed by atoms with van der Waals surface area (Å²) >= 11 is 3.59. The predicted octanol–water partition coefficient (Wildman–Crippen LogP) is 7.32. The van der Waals surface area contributed by atoms with Crippen molar-refractivity contribution in [3.05, 3.63) is 105 Å². The van der Waals surface area contributed by atoms with Crippen molar-refractivity contribution in [3.8, 4) is 0 Å². The van der Waals surface area contributed by atoms with Crippen LogP contribution in [-0.4, -0.2) is 5.78 Å². The summed E-state index contributed by atoms with van der Waals surface area (Å²) in [5.41, 5.74) is 6.17. The van der Waals surface area contributed by atoms with Crippen molar-refractivity contribution < 1.29 is 4.79 Å². The molecule has 0 saturated heterocycles. The SMILES string of the molecule is O=C(c1ccccc1)c1ccc2c(c1)CCC1(CCCC1)C2c1ccc(Br)cc1. The molecule has 1 spiro atoms. The molecule has 3 aromatic rings. The van der Waals surface area contributed by atoms with Crippen LogP contribution in [-0.2, 0) is 6.42 Å². The lowest BCUT2D eigenvalue weighted by molar-refractivity contribution is 0.103. The van der Waals surface area contributed by atoms with Crippen LogP contribution in [0, 0.1) is 5.41 Å². The van der Waals surface area contributed by atoms with E-state index in [4.69, 9.17) is 0 Å². The number of rotatable bonds is 3. The summed E-state index contributed by atoms with van der Waals surface area (Å²) < 4.78 is 1.13. The molecule has 1 unspecified atom stereocenters. The monoisotopic (exact) mass is 444 g/mol. The molecule has 2 aliphatic rings. The summed E-state index contributed by atoms with van der Waals surface area (Å²) in [6.07, 6.45) is 7.62. The van der Waals surface area contributed by atoms with Gasteiger partial charge < -0.3 is 0 Å². The van der Waals surface area contributed by atoms with Gasteiger partial charge in [-0.25, -0.2) is 0 Å². The molecule has 1 fully saturated rings. The van der Waals surface area contributed by atoms with Gasteiger partial charge in [-0.05, 0) is 66.0 Å². The molecule has 1 atom stereocenters. The van der Waals surface area contributed by atoms with Crippen molar-refractivity contribution in [2.45, 2.75) is 44.4 Å². The Morgan fingerprint density at radius 3 is 2.28 bits per heavy atom. The van der Waals surface area contributed by atoms with Gasteiger partial charge in [0.05, 0.1) is 0 Å². The Hall–Kier alpha value is -2.19. The van der Waals surface area contributed by atoms with E-state index in [1.54, 1.807) is 0 Å². The molecule has 1 saturated carbocycles. The minimum Gasteiger partial charge on any atom is -0.289 e. The van der Waals surface area contributed by atoms with Gasteiger partial charge in [0, 0.05) is 21.5 Å². The Kier molecular flexibility index (Phi) is 4.91. The van der Waals surface area contributed by atoms with Gasteiger partial charge in [-0.2, -0.15) is 0 Å². The fourth-order valence-corrected chi connectivity index (χ4v) is 5.93. The molecule has 146 valence electrons. The second-order valence-electron chi connectivity index (χ2n) is 8.66. The average molecular weight is 445 g/mol. The van der Waals surface area contributed by atoms with Gasteiger partial charge in [0.2, 0.25) is 0 Å². The highest BCUT2D eigenvalue weighted by atomic mass is 79.9. The molecular formula is C27H25BrO. The number of fused-ring (bicyclic) bond motifs is 1. The zero-order valence-corrected chi connectivity index (χ0v) is 18.1. The first-order valence-corrected chi connectivity index (χ1v) is 11.4. The summed E-state index contributed by atoms with van der Waals surface area (Å²) in [7, 11) is 0. The lowest BCUT2D eigenvalue weighted by Gasteiger charge is -2.43. The van der Waals surface area contributed by atoms with E-state index in [0.717, 1.165) is 22.0 Å². The number of hydrogen-bond acceptors (Lipinski definition) is 1. The van der Waals surface area contributed by atoms with E-state index in [1.165, 1.54) is 48.8 Å². The van der Waals surface area contributed by atoms with E-state index in [0.29, 0.717) is 11.3 Å². The normalized spacial score (nSPS) is 19.8. The second kappa shape index (κ2) is 7.57. The fourth-order valence-electron chi connectivity index (χ4n) is 5.67. The number of hydrogen-bond donors (Lipinski definition) is 0.